The van der Waals surface area contributed by atoms with Crippen LogP contribution < -0.4 is 0 Å². The molecule has 0 spiro atoms. The molecule has 2 aromatic heterocycles. The number of aryl methyl sites for hydroxylation is 1. The molecule has 1 aliphatic carbocycles. The number of aromatic nitrogens is 3. The Balaban J connectivity index is 1.35. The van der Waals surface area contributed by atoms with Crippen LogP contribution in [-0.2, 0) is 18.3 Å². The maximum absolute atomic E-state index is 12.1. The summed E-state index contributed by atoms with van der Waals surface area (Å²) in [6, 6.07) is 51.5. The van der Waals surface area contributed by atoms with Crippen molar-refractivity contribution in [1.82, 2.24) is 14.5 Å². The predicted octanol–water partition coefficient (Wildman–Crippen LogP) is 12.6. The number of aromatic hydroxyl groups is 1. The van der Waals surface area contributed by atoms with Crippen LogP contribution in [0.5, 0.6) is 5.75 Å². The van der Waals surface area contributed by atoms with E-state index in [4.69, 9.17) is 9.97 Å². The monoisotopic (exact) mass is 701 g/mol. The van der Waals surface area contributed by atoms with Crippen molar-refractivity contribution in [3.63, 3.8) is 0 Å². The fourth-order valence-electron chi connectivity index (χ4n) is 8.05. The number of fused-ring (bicyclic) bond motifs is 2. The number of nitrogens with zero attached hydrogens (tertiary/aromatic N) is 3. The Hall–Kier alpha value is -6.26. The van der Waals surface area contributed by atoms with Crippen molar-refractivity contribution in [2.24, 2.45) is 0 Å². The van der Waals surface area contributed by atoms with Crippen LogP contribution in [0.1, 0.15) is 50.3 Å². The normalized spacial score (nSPS) is 12.9. The van der Waals surface area contributed by atoms with Gasteiger partial charge < -0.3 is 5.11 Å². The Morgan fingerprint density at radius 1 is 0.574 bits per heavy atom. The van der Waals surface area contributed by atoms with Crippen LogP contribution >= 0.6 is 0 Å². The molecule has 0 radical (unpaired) electrons. The molecule has 2 heterocycles. The van der Waals surface area contributed by atoms with Gasteiger partial charge in [-0.2, -0.15) is 0 Å². The zero-order valence-corrected chi connectivity index (χ0v) is 31.1. The molecule has 54 heavy (non-hydrogen) atoms. The lowest BCUT2D eigenvalue weighted by molar-refractivity contribution is 0.463. The summed E-state index contributed by atoms with van der Waals surface area (Å²) in [5.74, 6) is 1.08. The SMILES string of the molecule is CC(C)(C)c1ccc(-n2c(-c3ccc4c(c3O)CCCC4)nc3c(-c4cc(-c5ccccc5)cc(-c5ccccn5)c4)cccc32)c(-c2ccccc2)c1. The second kappa shape index (κ2) is 13.6. The summed E-state index contributed by atoms with van der Waals surface area (Å²) in [6.07, 6.45) is 5.94. The van der Waals surface area contributed by atoms with Crippen molar-refractivity contribution >= 4 is 11.0 Å². The van der Waals surface area contributed by atoms with E-state index in [2.05, 4.69) is 159 Å². The third kappa shape index (κ3) is 6.08. The summed E-state index contributed by atoms with van der Waals surface area (Å²) in [6.45, 7) is 6.78. The lowest BCUT2D eigenvalue weighted by atomic mass is 9.85. The van der Waals surface area contributed by atoms with Crippen LogP contribution in [0.4, 0.5) is 0 Å². The van der Waals surface area contributed by atoms with Crippen LogP contribution in [-0.4, -0.2) is 19.6 Å². The Bertz CT molecular complexity index is 2580. The van der Waals surface area contributed by atoms with Gasteiger partial charge in [0.1, 0.15) is 11.6 Å². The first kappa shape index (κ1) is 33.6. The number of imidazole rings is 1. The largest absolute Gasteiger partial charge is 0.507 e. The Kier molecular flexibility index (Phi) is 8.47. The lowest BCUT2D eigenvalue weighted by Crippen LogP contribution is -2.12. The molecule has 9 rings (SSSR count). The highest BCUT2D eigenvalue weighted by Crippen LogP contribution is 2.44. The number of pyridine rings is 1. The standard InChI is InChI=1S/C50H43N3O/c1-50(2,3)39-25-27-45(43(32-39)34-17-8-5-9-18-34)53-46-23-14-21-40(47(46)52-49(53)42-26-24-35-19-10-11-20-41(35)48(42)54)37-29-36(33-15-6-4-7-16-33)30-38(31-37)44-22-12-13-28-51-44/h4-9,12-18,21-32,54H,10-11,19-20H2,1-3H3. The topological polar surface area (TPSA) is 50.9 Å². The second-order valence-electron chi connectivity index (χ2n) is 15.5. The van der Waals surface area contributed by atoms with Crippen molar-refractivity contribution in [3.8, 4) is 67.5 Å². The molecule has 4 heteroatoms. The molecule has 1 N–H and O–H groups in total. The fourth-order valence-corrected chi connectivity index (χ4v) is 8.05. The van der Waals surface area contributed by atoms with Crippen molar-refractivity contribution < 1.29 is 5.11 Å². The minimum Gasteiger partial charge on any atom is -0.507 e. The van der Waals surface area contributed by atoms with E-state index in [1.165, 1.54) is 11.1 Å². The average Bonchev–Trinajstić information content (AvgIpc) is 3.60. The van der Waals surface area contributed by atoms with E-state index in [1.54, 1.807) is 0 Å². The van der Waals surface area contributed by atoms with Gasteiger partial charge in [0.25, 0.3) is 0 Å². The molecule has 0 atom stereocenters. The van der Waals surface area contributed by atoms with Crippen LogP contribution in [0.25, 0.3) is 72.7 Å². The molecule has 0 saturated carbocycles. The number of rotatable bonds is 6. The Labute approximate surface area is 317 Å². The highest BCUT2D eigenvalue weighted by atomic mass is 16.3. The van der Waals surface area contributed by atoms with Gasteiger partial charge in [0, 0.05) is 22.9 Å². The van der Waals surface area contributed by atoms with Gasteiger partial charge >= 0.3 is 0 Å². The van der Waals surface area contributed by atoms with Gasteiger partial charge in [-0.05, 0) is 125 Å². The van der Waals surface area contributed by atoms with E-state index in [0.29, 0.717) is 5.75 Å². The van der Waals surface area contributed by atoms with Gasteiger partial charge in [-0.1, -0.05) is 112 Å². The summed E-state index contributed by atoms with van der Waals surface area (Å²) < 4.78 is 2.28. The van der Waals surface area contributed by atoms with Crippen LogP contribution in [0.2, 0.25) is 0 Å². The smallest absolute Gasteiger partial charge is 0.149 e. The molecule has 0 fully saturated rings. The molecule has 8 aromatic rings. The van der Waals surface area contributed by atoms with Crippen LogP contribution in [0.15, 0.2) is 152 Å². The zero-order valence-electron chi connectivity index (χ0n) is 31.1. The molecule has 1 aliphatic rings. The highest BCUT2D eigenvalue weighted by molar-refractivity contribution is 5.98. The molecule has 0 unspecified atom stereocenters. The molecule has 4 nitrogen and oxygen atoms in total. The number of para-hydroxylation sites is 1. The predicted molar refractivity (Wildman–Crippen MR) is 223 cm³/mol. The zero-order chi connectivity index (χ0) is 36.8. The first-order chi connectivity index (χ1) is 26.3. The van der Waals surface area contributed by atoms with E-state index in [1.807, 2.05) is 18.3 Å². The third-order valence-electron chi connectivity index (χ3n) is 10.9. The van der Waals surface area contributed by atoms with Crippen molar-refractivity contribution in [2.45, 2.75) is 51.9 Å². The van der Waals surface area contributed by atoms with E-state index in [0.717, 1.165) is 104 Å². The molecular formula is C50H43N3O. The van der Waals surface area contributed by atoms with E-state index in [-0.39, 0.29) is 5.41 Å². The van der Waals surface area contributed by atoms with Crippen molar-refractivity contribution in [1.29, 1.82) is 0 Å². The minimum atomic E-state index is -0.0408. The molecule has 0 amide bonds. The number of benzene rings is 6. The lowest BCUT2D eigenvalue weighted by Gasteiger charge is -2.23. The van der Waals surface area contributed by atoms with Crippen LogP contribution in [0.3, 0.4) is 0 Å². The number of hydrogen-bond acceptors (Lipinski definition) is 3. The number of phenolic OH excluding ortho intramolecular Hbond substituents is 1. The molecule has 0 aliphatic heterocycles. The Morgan fingerprint density at radius 2 is 1.30 bits per heavy atom. The van der Waals surface area contributed by atoms with Gasteiger partial charge in [0.15, 0.2) is 0 Å². The van der Waals surface area contributed by atoms with Gasteiger partial charge in [-0.25, -0.2) is 4.98 Å². The molecule has 0 saturated heterocycles. The maximum Gasteiger partial charge on any atom is 0.149 e. The average molecular weight is 702 g/mol. The van der Waals surface area contributed by atoms with Gasteiger partial charge in [-0.3, -0.25) is 9.55 Å². The second-order valence-corrected chi connectivity index (χ2v) is 15.5. The molecule has 0 bridgehead atoms. The van der Waals surface area contributed by atoms with Gasteiger partial charge in [0.2, 0.25) is 0 Å². The minimum absolute atomic E-state index is 0.0408. The highest BCUT2D eigenvalue weighted by Gasteiger charge is 2.26. The Morgan fingerprint density at radius 3 is 2.06 bits per heavy atom. The fraction of sp³-hybridized carbons (Fsp3) is 0.160. The summed E-state index contributed by atoms with van der Waals surface area (Å²) in [7, 11) is 0. The summed E-state index contributed by atoms with van der Waals surface area (Å²) in [5, 5.41) is 12.1. The first-order valence-corrected chi connectivity index (χ1v) is 19.0. The summed E-state index contributed by atoms with van der Waals surface area (Å²) >= 11 is 0. The molecule has 6 aromatic carbocycles. The molecular weight excluding hydrogens is 659 g/mol. The van der Waals surface area contributed by atoms with E-state index >= 15 is 0 Å². The van der Waals surface area contributed by atoms with Gasteiger partial charge in [-0.15, -0.1) is 0 Å². The first-order valence-electron chi connectivity index (χ1n) is 19.0. The number of phenols is 1. The van der Waals surface area contributed by atoms with Gasteiger partial charge in [0.05, 0.1) is 28.0 Å². The number of hydrogen-bond donors (Lipinski definition) is 1. The van der Waals surface area contributed by atoms with E-state index in [9.17, 15) is 5.11 Å². The van der Waals surface area contributed by atoms with Crippen LogP contribution in [0, 0.1) is 0 Å². The summed E-state index contributed by atoms with van der Waals surface area (Å²) in [4.78, 5) is 10.3. The summed E-state index contributed by atoms with van der Waals surface area (Å²) in [5.41, 5.74) is 15.7. The third-order valence-corrected chi connectivity index (χ3v) is 10.9. The van der Waals surface area contributed by atoms with Crippen molar-refractivity contribution in [2.75, 3.05) is 0 Å². The quantitative estimate of drug-likeness (QED) is 0.188. The maximum atomic E-state index is 12.1. The molecule has 264 valence electrons. The van der Waals surface area contributed by atoms with Crippen molar-refractivity contribution in [3.05, 3.63) is 168 Å². The van der Waals surface area contributed by atoms with E-state index < -0.39 is 0 Å².